The normalized spacial score (nSPS) is 18.4. The summed E-state index contributed by atoms with van der Waals surface area (Å²) in [6.45, 7) is 4.99. The molecule has 40 heavy (non-hydrogen) atoms. The van der Waals surface area contributed by atoms with Gasteiger partial charge in [0.15, 0.2) is 0 Å². The number of thioether (sulfide) groups is 1. The number of amides is 1. The lowest BCUT2D eigenvalue weighted by atomic mass is 10.0. The number of carbonyl (C=O) groups is 1. The standard InChI is InChI=1S/C28H28F3N7OS/c1-17-24(36-23(40-17)8-6-18-15-34-26(32)25-21(18)4-3-9-33-25)27(39)35-20-7-5-19(22(14-20)28(29,30)31)16-38-12-10-37(2)11-13-38/h3-5,7,9,14-15,23,36H,10-13,16H2,1-2H3,(H2,32,34)(H,35,39). The molecule has 4 heterocycles. The molecular formula is C28H28F3N7OS. The Kier molecular flexibility index (Phi) is 7.89. The molecule has 8 nitrogen and oxygen atoms in total. The van der Waals surface area contributed by atoms with Gasteiger partial charge in [0.05, 0.1) is 11.1 Å². The van der Waals surface area contributed by atoms with Crippen LogP contribution < -0.4 is 16.4 Å². The van der Waals surface area contributed by atoms with Gasteiger partial charge in [-0.25, -0.2) is 4.98 Å². The second-order valence-electron chi connectivity index (χ2n) is 9.70. The fourth-order valence-electron chi connectivity index (χ4n) is 4.62. The summed E-state index contributed by atoms with van der Waals surface area (Å²) in [5.41, 5.74) is 6.90. The summed E-state index contributed by atoms with van der Waals surface area (Å²) in [7, 11) is 2.00. The third kappa shape index (κ3) is 6.17. The topological polar surface area (TPSA) is 99.4 Å². The number of nitrogens with two attached hydrogens (primary N) is 1. The van der Waals surface area contributed by atoms with Crippen molar-refractivity contribution in [1.29, 1.82) is 0 Å². The lowest BCUT2D eigenvalue weighted by Crippen LogP contribution is -2.44. The maximum atomic E-state index is 13.9. The van der Waals surface area contributed by atoms with Crippen LogP contribution in [-0.4, -0.2) is 64.3 Å². The van der Waals surface area contributed by atoms with Crippen molar-refractivity contribution in [3.63, 3.8) is 0 Å². The molecule has 0 radical (unpaired) electrons. The highest BCUT2D eigenvalue weighted by Gasteiger charge is 2.34. The number of hydrogen-bond acceptors (Lipinski definition) is 8. The Labute approximate surface area is 234 Å². The van der Waals surface area contributed by atoms with Crippen LogP contribution in [0.25, 0.3) is 10.9 Å². The number of carbonyl (C=O) groups excluding carboxylic acids is 1. The van der Waals surface area contributed by atoms with E-state index in [2.05, 4.69) is 37.3 Å². The number of nitrogens with one attached hydrogen (secondary N) is 2. The van der Waals surface area contributed by atoms with Gasteiger partial charge in [-0.3, -0.25) is 14.7 Å². The van der Waals surface area contributed by atoms with Gasteiger partial charge in [0.2, 0.25) is 0 Å². The van der Waals surface area contributed by atoms with Gasteiger partial charge in [-0.15, -0.1) is 0 Å². The summed E-state index contributed by atoms with van der Waals surface area (Å²) >= 11 is 1.35. The molecule has 0 aliphatic carbocycles. The van der Waals surface area contributed by atoms with E-state index < -0.39 is 23.0 Å². The number of piperazine rings is 1. The van der Waals surface area contributed by atoms with Crippen LogP contribution in [0.2, 0.25) is 0 Å². The number of likely N-dealkylation sites (N-methyl/N-ethyl adjacent to an activating group) is 1. The van der Waals surface area contributed by atoms with E-state index in [-0.39, 0.29) is 23.5 Å². The zero-order valence-electron chi connectivity index (χ0n) is 22.0. The quantitative estimate of drug-likeness (QED) is 0.409. The molecule has 208 valence electrons. The van der Waals surface area contributed by atoms with Crippen LogP contribution in [0, 0.1) is 11.8 Å². The second-order valence-corrected chi connectivity index (χ2v) is 11.0. The van der Waals surface area contributed by atoms with Gasteiger partial charge in [-0.2, -0.15) is 13.2 Å². The van der Waals surface area contributed by atoms with Gasteiger partial charge in [0.25, 0.3) is 5.91 Å². The SMILES string of the molecule is CC1=C(C(=O)Nc2ccc(CN3CCN(C)CC3)c(C(F)(F)F)c2)NC(C#Cc2cnc(N)c3ncccc23)S1. The number of nitrogen functional groups attached to an aromatic ring is 1. The highest BCUT2D eigenvalue weighted by atomic mass is 32.2. The van der Waals surface area contributed by atoms with Gasteiger partial charge < -0.3 is 21.3 Å². The summed E-state index contributed by atoms with van der Waals surface area (Å²) < 4.78 is 41.8. The number of alkyl halides is 3. The van der Waals surface area contributed by atoms with Crippen molar-refractivity contribution in [1.82, 2.24) is 25.1 Å². The number of nitrogens with zero attached hydrogens (tertiary/aromatic N) is 4. The summed E-state index contributed by atoms with van der Waals surface area (Å²) in [5, 5.41) is 6.02. The molecule has 0 saturated carbocycles. The molecule has 1 unspecified atom stereocenters. The number of halogens is 3. The first-order valence-corrected chi connectivity index (χ1v) is 13.5. The third-order valence-corrected chi connectivity index (χ3v) is 7.85. The van der Waals surface area contributed by atoms with Crippen molar-refractivity contribution in [3.8, 4) is 11.8 Å². The molecule has 0 bridgehead atoms. The summed E-state index contributed by atoms with van der Waals surface area (Å²) in [5.74, 6) is 5.94. The predicted octanol–water partition coefficient (Wildman–Crippen LogP) is 3.86. The van der Waals surface area contributed by atoms with E-state index in [1.54, 1.807) is 25.4 Å². The number of hydrogen-bond donors (Lipinski definition) is 3. The van der Waals surface area contributed by atoms with Crippen molar-refractivity contribution in [2.45, 2.75) is 25.0 Å². The zero-order valence-corrected chi connectivity index (χ0v) is 22.8. The molecule has 2 aliphatic heterocycles. The Morgan fingerprint density at radius 3 is 2.75 bits per heavy atom. The molecule has 1 atom stereocenters. The van der Waals surface area contributed by atoms with Gasteiger partial charge in [0, 0.05) is 61.1 Å². The highest BCUT2D eigenvalue weighted by molar-refractivity contribution is 8.04. The molecule has 2 aliphatic rings. The molecule has 1 fully saturated rings. The lowest BCUT2D eigenvalue weighted by Gasteiger charge is -2.33. The zero-order chi connectivity index (χ0) is 28.4. The maximum absolute atomic E-state index is 13.9. The smallest absolute Gasteiger partial charge is 0.382 e. The van der Waals surface area contributed by atoms with Crippen molar-refractivity contribution in [3.05, 3.63) is 70.0 Å². The van der Waals surface area contributed by atoms with Gasteiger partial charge in [-0.1, -0.05) is 29.7 Å². The Morgan fingerprint density at radius 2 is 2.00 bits per heavy atom. The van der Waals surface area contributed by atoms with E-state index in [1.807, 2.05) is 18.0 Å². The molecule has 1 saturated heterocycles. The van der Waals surface area contributed by atoms with Crippen molar-refractivity contribution < 1.29 is 18.0 Å². The number of pyridine rings is 2. The minimum Gasteiger partial charge on any atom is -0.382 e. The number of rotatable bonds is 4. The monoisotopic (exact) mass is 567 g/mol. The molecule has 4 N–H and O–H groups in total. The molecule has 1 amide bonds. The van der Waals surface area contributed by atoms with E-state index in [1.165, 1.54) is 23.9 Å². The van der Waals surface area contributed by atoms with E-state index in [4.69, 9.17) is 5.73 Å². The number of anilines is 2. The average Bonchev–Trinajstić information content (AvgIpc) is 3.30. The van der Waals surface area contributed by atoms with Crippen LogP contribution in [0.15, 0.2) is 53.3 Å². The van der Waals surface area contributed by atoms with Gasteiger partial charge in [-0.05, 0) is 43.8 Å². The van der Waals surface area contributed by atoms with Gasteiger partial charge >= 0.3 is 6.18 Å². The summed E-state index contributed by atoms with van der Waals surface area (Å²) in [6.07, 6.45) is -1.34. The van der Waals surface area contributed by atoms with E-state index >= 15 is 0 Å². The number of aromatic nitrogens is 2. The van der Waals surface area contributed by atoms with Crippen LogP contribution in [0.1, 0.15) is 23.6 Å². The first-order valence-electron chi connectivity index (χ1n) is 12.7. The third-order valence-electron chi connectivity index (χ3n) is 6.82. The van der Waals surface area contributed by atoms with Crippen LogP contribution in [0.3, 0.4) is 0 Å². The minimum atomic E-state index is -4.55. The predicted molar refractivity (Wildman–Crippen MR) is 151 cm³/mol. The van der Waals surface area contributed by atoms with Crippen molar-refractivity contribution in [2.24, 2.45) is 0 Å². The molecule has 2 aromatic heterocycles. The molecule has 1 aromatic carbocycles. The lowest BCUT2D eigenvalue weighted by molar-refractivity contribution is -0.138. The molecule has 3 aromatic rings. The van der Waals surface area contributed by atoms with E-state index in [9.17, 15) is 18.0 Å². The Bertz CT molecular complexity index is 1540. The Morgan fingerprint density at radius 1 is 1.23 bits per heavy atom. The molecule has 5 rings (SSSR count). The minimum absolute atomic E-state index is 0.0769. The molecular weight excluding hydrogens is 539 g/mol. The van der Waals surface area contributed by atoms with Crippen LogP contribution >= 0.6 is 11.8 Å². The Hall–Kier alpha value is -3.79. The van der Waals surface area contributed by atoms with Crippen molar-refractivity contribution >= 4 is 40.1 Å². The molecule has 0 spiro atoms. The van der Waals surface area contributed by atoms with E-state index in [0.29, 0.717) is 34.9 Å². The first-order chi connectivity index (χ1) is 19.1. The van der Waals surface area contributed by atoms with Crippen LogP contribution in [-0.2, 0) is 17.5 Å². The van der Waals surface area contributed by atoms with Crippen LogP contribution in [0.4, 0.5) is 24.7 Å². The largest absolute Gasteiger partial charge is 0.416 e. The average molecular weight is 568 g/mol. The van der Waals surface area contributed by atoms with E-state index in [0.717, 1.165) is 24.5 Å². The van der Waals surface area contributed by atoms with Gasteiger partial charge in [0.1, 0.15) is 22.4 Å². The highest BCUT2D eigenvalue weighted by Crippen LogP contribution is 2.35. The summed E-state index contributed by atoms with van der Waals surface area (Å²) in [6, 6.07) is 7.61. The maximum Gasteiger partial charge on any atom is 0.416 e. The first kappa shape index (κ1) is 27.8. The number of fused-ring (bicyclic) bond motifs is 1. The van der Waals surface area contributed by atoms with Crippen molar-refractivity contribution in [2.75, 3.05) is 44.3 Å². The summed E-state index contributed by atoms with van der Waals surface area (Å²) in [4.78, 5) is 26.3. The fraction of sp³-hybridized carbons (Fsp3) is 0.321. The van der Waals surface area contributed by atoms with Crippen LogP contribution in [0.5, 0.6) is 0 Å². The second kappa shape index (κ2) is 11.4. The fourth-order valence-corrected chi connectivity index (χ4v) is 5.54. The number of allylic oxidation sites excluding steroid dienone is 1. The number of benzene rings is 1. The Balaban J connectivity index is 1.28. The molecule has 12 heteroatoms.